The number of likely N-dealkylation sites (tertiary alicyclic amines) is 1. The molecule has 0 amide bonds. The molecule has 1 unspecified atom stereocenters. The number of alkyl halides is 1. The summed E-state index contributed by atoms with van der Waals surface area (Å²) in [5.74, 6) is 0. The third-order valence-electron chi connectivity index (χ3n) is 2.44. The summed E-state index contributed by atoms with van der Waals surface area (Å²) in [6.45, 7) is 6.72. The monoisotopic (exact) mass is 268 g/mol. The van der Waals surface area contributed by atoms with E-state index < -0.39 is 0 Å². The normalized spacial score (nSPS) is 28.4. The number of rotatable bonds is 1. The fourth-order valence-corrected chi connectivity index (χ4v) is 1.95. The summed E-state index contributed by atoms with van der Waals surface area (Å²) in [6, 6.07) is 0. The van der Waals surface area contributed by atoms with E-state index in [1.807, 2.05) is 0 Å². The third-order valence-corrected chi connectivity index (χ3v) is 3.23. The van der Waals surface area contributed by atoms with Crippen molar-refractivity contribution in [2.24, 2.45) is 5.73 Å². The summed E-state index contributed by atoms with van der Waals surface area (Å²) >= 11 is 2.46. The first kappa shape index (κ1) is 9.74. The van der Waals surface area contributed by atoms with E-state index in [0.29, 0.717) is 4.05 Å². The fourth-order valence-electron chi connectivity index (χ4n) is 1.39. The number of halogens is 1. The molecule has 1 rings (SSSR count). The molecule has 0 aromatic rings. The molecule has 0 bridgehead atoms. The van der Waals surface area contributed by atoms with Crippen molar-refractivity contribution in [1.82, 2.24) is 4.90 Å². The van der Waals surface area contributed by atoms with E-state index in [-0.39, 0.29) is 5.54 Å². The average molecular weight is 268 g/mol. The van der Waals surface area contributed by atoms with Crippen LogP contribution in [-0.4, -0.2) is 27.6 Å². The van der Waals surface area contributed by atoms with E-state index in [9.17, 15) is 0 Å². The zero-order chi connectivity index (χ0) is 8.48. The minimum Gasteiger partial charge on any atom is -0.325 e. The fraction of sp³-hybridized carbons (Fsp3) is 1.00. The molecule has 0 aromatic heterocycles. The van der Waals surface area contributed by atoms with Crippen molar-refractivity contribution in [2.45, 2.75) is 36.3 Å². The van der Waals surface area contributed by atoms with Crippen molar-refractivity contribution in [3.8, 4) is 0 Å². The van der Waals surface area contributed by atoms with Crippen molar-refractivity contribution in [2.75, 3.05) is 13.1 Å². The Bertz CT molecular complexity index is 124. The maximum absolute atomic E-state index is 6.01. The maximum Gasteiger partial charge on any atom is 0.0589 e. The van der Waals surface area contributed by atoms with Crippen molar-refractivity contribution in [1.29, 1.82) is 0 Å². The van der Waals surface area contributed by atoms with Gasteiger partial charge in [0.1, 0.15) is 0 Å². The van der Waals surface area contributed by atoms with Gasteiger partial charge in [-0.3, -0.25) is 4.90 Å². The Labute approximate surface area is 82.6 Å². The Hall–Kier alpha value is 0.650. The van der Waals surface area contributed by atoms with Gasteiger partial charge >= 0.3 is 0 Å². The van der Waals surface area contributed by atoms with Crippen LogP contribution in [0.2, 0.25) is 0 Å². The molecule has 1 fully saturated rings. The first-order valence-electron chi connectivity index (χ1n) is 4.18. The second-order valence-electron chi connectivity index (χ2n) is 3.76. The highest BCUT2D eigenvalue weighted by atomic mass is 127. The Morgan fingerprint density at radius 1 is 1.45 bits per heavy atom. The van der Waals surface area contributed by atoms with E-state index in [1.54, 1.807) is 0 Å². The molecule has 0 aromatic carbocycles. The molecule has 2 nitrogen and oxygen atoms in total. The lowest BCUT2D eigenvalue weighted by Gasteiger charge is -2.38. The lowest BCUT2D eigenvalue weighted by atomic mass is 9.91. The molecule has 66 valence electrons. The van der Waals surface area contributed by atoms with E-state index >= 15 is 0 Å². The molecule has 0 aliphatic carbocycles. The predicted octanol–water partition coefficient (Wildman–Crippen LogP) is 1.58. The van der Waals surface area contributed by atoms with E-state index in [4.69, 9.17) is 5.73 Å². The Morgan fingerprint density at radius 3 is 2.27 bits per heavy atom. The van der Waals surface area contributed by atoms with Crippen LogP contribution < -0.4 is 5.73 Å². The molecule has 0 spiro atoms. The predicted molar refractivity (Wildman–Crippen MR) is 56.9 cm³/mol. The van der Waals surface area contributed by atoms with Crippen LogP contribution in [0.15, 0.2) is 0 Å². The zero-order valence-electron chi connectivity index (χ0n) is 7.31. The summed E-state index contributed by atoms with van der Waals surface area (Å²) in [5.41, 5.74) is 6.11. The molecular weight excluding hydrogens is 251 g/mol. The van der Waals surface area contributed by atoms with E-state index in [1.165, 1.54) is 0 Å². The Morgan fingerprint density at radius 2 is 1.91 bits per heavy atom. The van der Waals surface area contributed by atoms with Gasteiger partial charge in [0.15, 0.2) is 0 Å². The van der Waals surface area contributed by atoms with Crippen molar-refractivity contribution in [3.05, 3.63) is 0 Å². The first-order chi connectivity index (χ1) is 5.01. The third kappa shape index (κ3) is 2.87. The maximum atomic E-state index is 6.01. The van der Waals surface area contributed by atoms with Gasteiger partial charge in [-0.05, 0) is 26.7 Å². The van der Waals surface area contributed by atoms with Gasteiger partial charge in [0, 0.05) is 18.6 Å². The molecule has 3 heteroatoms. The minimum absolute atomic E-state index is 0.0992. The van der Waals surface area contributed by atoms with Crippen LogP contribution >= 0.6 is 22.6 Å². The van der Waals surface area contributed by atoms with Crippen LogP contribution in [0.25, 0.3) is 0 Å². The lowest BCUT2D eigenvalue weighted by Crippen LogP contribution is -2.49. The van der Waals surface area contributed by atoms with Crippen LogP contribution in [0.3, 0.4) is 0 Å². The lowest BCUT2D eigenvalue weighted by molar-refractivity contribution is 0.172. The summed E-state index contributed by atoms with van der Waals surface area (Å²) in [7, 11) is 0. The smallest absolute Gasteiger partial charge is 0.0589 e. The van der Waals surface area contributed by atoms with E-state index in [2.05, 4.69) is 41.3 Å². The molecule has 1 saturated heterocycles. The van der Waals surface area contributed by atoms with Gasteiger partial charge in [-0.1, -0.05) is 22.6 Å². The van der Waals surface area contributed by atoms with Crippen LogP contribution in [0.4, 0.5) is 0 Å². The number of piperidine rings is 1. The molecule has 1 aliphatic heterocycles. The van der Waals surface area contributed by atoms with Crippen LogP contribution in [0.5, 0.6) is 0 Å². The van der Waals surface area contributed by atoms with Gasteiger partial charge < -0.3 is 5.73 Å². The number of hydrogen-bond acceptors (Lipinski definition) is 2. The highest BCUT2D eigenvalue weighted by molar-refractivity contribution is 14.1. The number of nitrogens with two attached hydrogens (primary N) is 1. The second-order valence-corrected chi connectivity index (χ2v) is 5.57. The summed E-state index contributed by atoms with van der Waals surface area (Å²) in [5, 5.41) is 0. The molecule has 0 radical (unpaired) electrons. The highest BCUT2D eigenvalue weighted by Gasteiger charge is 2.26. The Kier molecular flexibility index (Phi) is 3.17. The SMILES string of the molecule is CC(I)N1CCC(C)(N)CC1. The molecule has 1 atom stereocenters. The number of nitrogens with zero attached hydrogens (tertiary/aromatic N) is 1. The zero-order valence-corrected chi connectivity index (χ0v) is 9.47. The van der Waals surface area contributed by atoms with Gasteiger partial charge in [0.2, 0.25) is 0 Å². The largest absolute Gasteiger partial charge is 0.325 e. The number of hydrogen-bond donors (Lipinski definition) is 1. The summed E-state index contributed by atoms with van der Waals surface area (Å²) < 4.78 is 0.656. The molecule has 1 heterocycles. The summed E-state index contributed by atoms with van der Waals surface area (Å²) in [6.07, 6.45) is 2.28. The van der Waals surface area contributed by atoms with Crippen molar-refractivity contribution in [3.63, 3.8) is 0 Å². The first-order valence-corrected chi connectivity index (χ1v) is 5.43. The molecule has 0 saturated carbocycles. The minimum atomic E-state index is 0.0992. The van der Waals surface area contributed by atoms with Gasteiger partial charge in [0.25, 0.3) is 0 Å². The molecule has 11 heavy (non-hydrogen) atoms. The standard InChI is InChI=1S/C8H17IN2/c1-7(9)11-5-3-8(2,10)4-6-11/h7H,3-6,10H2,1-2H3. The van der Waals surface area contributed by atoms with Gasteiger partial charge in [0.05, 0.1) is 4.05 Å². The van der Waals surface area contributed by atoms with Crippen LogP contribution in [0, 0.1) is 0 Å². The average Bonchev–Trinajstić information content (AvgIpc) is 1.86. The molecule has 1 aliphatic rings. The van der Waals surface area contributed by atoms with Gasteiger partial charge in [-0.2, -0.15) is 0 Å². The van der Waals surface area contributed by atoms with Crippen LogP contribution in [0.1, 0.15) is 26.7 Å². The Balaban J connectivity index is 2.36. The van der Waals surface area contributed by atoms with Crippen LogP contribution in [-0.2, 0) is 0 Å². The van der Waals surface area contributed by atoms with Crippen molar-refractivity contribution < 1.29 is 0 Å². The second kappa shape index (κ2) is 3.58. The van der Waals surface area contributed by atoms with E-state index in [0.717, 1.165) is 25.9 Å². The highest BCUT2D eigenvalue weighted by Crippen LogP contribution is 2.21. The summed E-state index contributed by atoms with van der Waals surface area (Å²) in [4.78, 5) is 2.48. The quantitative estimate of drug-likeness (QED) is 0.444. The van der Waals surface area contributed by atoms with Crippen molar-refractivity contribution >= 4 is 22.6 Å². The van der Waals surface area contributed by atoms with Gasteiger partial charge in [-0.25, -0.2) is 0 Å². The topological polar surface area (TPSA) is 29.3 Å². The molecule has 2 N–H and O–H groups in total. The molecular formula is C8H17IN2. The van der Waals surface area contributed by atoms with Gasteiger partial charge in [-0.15, -0.1) is 0 Å².